The lowest BCUT2D eigenvalue weighted by Gasteiger charge is -2.07. The lowest BCUT2D eigenvalue weighted by molar-refractivity contribution is 0.0596. The first-order chi connectivity index (χ1) is 8.54. The number of carbonyl (C=O) groups is 1. The van der Waals surface area contributed by atoms with E-state index in [1.54, 1.807) is 18.2 Å². The van der Waals surface area contributed by atoms with Gasteiger partial charge in [-0.15, -0.1) is 0 Å². The lowest BCUT2D eigenvalue weighted by Crippen LogP contribution is -2.07. The summed E-state index contributed by atoms with van der Waals surface area (Å²) < 4.78 is 6.06. The van der Waals surface area contributed by atoms with E-state index in [-0.39, 0.29) is 11.5 Å². The third kappa shape index (κ3) is 2.14. The molecule has 0 spiro atoms. The van der Waals surface area contributed by atoms with Crippen molar-refractivity contribution in [2.24, 2.45) is 0 Å². The Morgan fingerprint density at radius 1 is 1.44 bits per heavy atom. The topological polar surface area (TPSA) is 70.1 Å². The van der Waals surface area contributed by atoms with Crippen molar-refractivity contribution in [2.75, 3.05) is 12.8 Å². The molecule has 0 bridgehead atoms. The van der Waals surface area contributed by atoms with Crippen LogP contribution in [-0.4, -0.2) is 22.6 Å². The Bertz CT molecular complexity index is 610. The minimum absolute atomic E-state index is 0.0449. The monoisotopic (exact) mass is 285 g/mol. The zero-order valence-electron chi connectivity index (χ0n) is 9.35. The van der Waals surface area contributed by atoms with E-state index in [1.165, 1.54) is 18.0 Å². The maximum Gasteiger partial charge on any atom is 0.360 e. The minimum Gasteiger partial charge on any atom is -0.464 e. The van der Waals surface area contributed by atoms with Crippen molar-refractivity contribution in [2.45, 2.75) is 0 Å². The predicted octanol–water partition coefficient (Wildman–Crippen LogP) is 2.55. The Morgan fingerprint density at radius 3 is 2.78 bits per heavy atom. The van der Waals surface area contributed by atoms with E-state index in [2.05, 4.69) is 9.72 Å². The molecule has 0 unspecified atom stereocenters. The second kappa shape index (κ2) is 4.88. The molecule has 1 heterocycles. The van der Waals surface area contributed by atoms with Gasteiger partial charge in [-0.05, 0) is 18.2 Å². The Hall–Kier alpha value is -1.72. The Morgan fingerprint density at radius 2 is 2.17 bits per heavy atom. The number of nitrogens with zero attached hydrogens (tertiary/aromatic N) is 2. The number of halogens is 2. The van der Waals surface area contributed by atoms with Gasteiger partial charge in [-0.2, -0.15) is 0 Å². The van der Waals surface area contributed by atoms with Crippen molar-refractivity contribution < 1.29 is 9.53 Å². The molecule has 2 rings (SSSR count). The number of nitrogens with two attached hydrogens (primary N) is 1. The van der Waals surface area contributed by atoms with Crippen LogP contribution in [0.1, 0.15) is 10.5 Å². The third-order valence-corrected chi connectivity index (χ3v) is 2.89. The summed E-state index contributed by atoms with van der Waals surface area (Å²) in [5.41, 5.74) is 6.46. The lowest BCUT2D eigenvalue weighted by atomic mass is 10.3. The van der Waals surface area contributed by atoms with Crippen LogP contribution in [0.4, 0.5) is 5.82 Å². The highest BCUT2D eigenvalue weighted by atomic mass is 35.5. The Kier molecular flexibility index (Phi) is 3.45. The molecule has 7 heteroatoms. The second-order valence-corrected chi connectivity index (χ2v) is 4.28. The number of hydrogen-bond donors (Lipinski definition) is 1. The van der Waals surface area contributed by atoms with E-state index < -0.39 is 5.97 Å². The first kappa shape index (κ1) is 12.7. The van der Waals surface area contributed by atoms with Crippen LogP contribution in [0.2, 0.25) is 10.0 Å². The number of rotatable bonds is 2. The summed E-state index contributed by atoms with van der Waals surface area (Å²) in [5.74, 6) is -0.442. The predicted molar refractivity (Wildman–Crippen MR) is 69.3 cm³/mol. The molecule has 0 aliphatic carbocycles. The quantitative estimate of drug-likeness (QED) is 0.861. The van der Waals surface area contributed by atoms with Gasteiger partial charge in [0.2, 0.25) is 0 Å². The van der Waals surface area contributed by atoms with Crippen LogP contribution in [0, 0.1) is 0 Å². The largest absolute Gasteiger partial charge is 0.464 e. The average molecular weight is 286 g/mol. The molecule has 0 fully saturated rings. The molecule has 0 aliphatic rings. The van der Waals surface area contributed by atoms with Crippen molar-refractivity contribution in [3.05, 3.63) is 40.3 Å². The molecule has 0 saturated heterocycles. The molecule has 0 atom stereocenters. The van der Waals surface area contributed by atoms with E-state index in [0.717, 1.165) is 0 Å². The summed E-state index contributed by atoms with van der Waals surface area (Å²) in [4.78, 5) is 15.3. The SMILES string of the molecule is COC(=O)c1ncn(-c2ccc(Cl)cc2Cl)c1N. The number of methoxy groups -OCH3 is 1. The molecule has 0 aliphatic heterocycles. The maximum atomic E-state index is 11.4. The van der Waals surface area contributed by atoms with Gasteiger partial charge >= 0.3 is 5.97 Å². The van der Waals surface area contributed by atoms with Crippen LogP contribution in [0.15, 0.2) is 24.5 Å². The summed E-state index contributed by atoms with van der Waals surface area (Å²) in [6.07, 6.45) is 1.40. The van der Waals surface area contributed by atoms with Gasteiger partial charge in [0.05, 0.1) is 17.8 Å². The molecule has 0 amide bonds. The van der Waals surface area contributed by atoms with Gasteiger partial charge in [-0.3, -0.25) is 4.57 Å². The van der Waals surface area contributed by atoms with Gasteiger partial charge in [-0.1, -0.05) is 23.2 Å². The van der Waals surface area contributed by atoms with Crippen molar-refractivity contribution in [3.8, 4) is 5.69 Å². The van der Waals surface area contributed by atoms with Crippen molar-refractivity contribution in [1.29, 1.82) is 0 Å². The number of benzene rings is 1. The number of anilines is 1. The smallest absolute Gasteiger partial charge is 0.360 e. The van der Waals surface area contributed by atoms with Crippen molar-refractivity contribution >= 4 is 35.0 Å². The van der Waals surface area contributed by atoms with Crippen LogP contribution in [0.5, 0.6) is 0 Å². The molecular weight excluding hydrogens is 277 g/mol. The fraction of sp³-hybridized carbons (Fsp3) is 0.0909. The number of aromatic nitrogens is 2. The van der Waals surface area contributed by atoms with Gasteiger partial charge < -0.3 is 10.5 Å². The Balaban J connectivity index is 2.52. The van der Waals surface area contributed by atoms with Gasteiger partial charge in [-0.25, -0.2) is 9.78 Å². The standard InChI is InChI=1S/C11H9Cl2N3O2/c1-18-11(17)9-10(14)16(5-15-9)8-3-2-6(12)4-7(8)13/h2-5H,14H2,1H3. The summed E-state index contributed by atoms with van der Waals surface area (Å²) >= 11 is 11.9. The number of esters is 1. The van der Waals surface area contributed by atoms with Crippen LogP contribution >= 0.6 is 23.2 Å². The van der Waals surface area contributed by atoms with E-state index in [0.29, 0.717) is 15.7 Å². The first-order valence-electron chi connectivity index (χ1n) is 4.91. The Labute approximate surface area is 113 Å². The van der Waals surface area contributed by atoms with Gasteiger partial charge in [0, 0.05) is 5.02 Å². The van der Waals surface area contributed by atoms with Crippen LogP contribution in [0.25, 0.3) is 5.69 Å². The fourth-order valence-electron chi connectivity index (χ4n) is 1.48. The van der Waals surface area contributed by atoms with Crippen molar-refractivity contribution in [3.63, 3.8) is 0 Å². The molecule has 18 heavy (non-hydrogen) atoms. The van der Waals surface area contributed by atoms with E-state index in [4.69, 9.17) is 28.9 Å². The fourth-order valence-corrected chi connectivity index (χ4v) is 1.98. The van der Waals surface area contributed by atoms with Crippen LogP contribution in [0.3, 0.4) is 0 Å². The molecule has 2 aromatic rings. The number of imidazole rings is 1. The van der Waals surface area contributed by atoms with E-state index >= 15 is 0 Å². The molecule has 1 aromatic heterocycles. The highest BCUT2D eigenvalue weighted by Crippen LogP contribution is 2.27. The summed E-state index contributed by atoms with van der Waals surface area (Å²) in [5, 5.41) is 0.915. The number of carbonyl (C=O) groups excluding carboxylic acids is 1. The molecule has 0 saturated carbocycles. The zero-order chi connectivity index (χ0) is 13.3. The highest BCUT2D eigenvalue weighted by molar-refractivity contribution is 6.35. The van der Waals surface area contributed by atoms with Gasteiger partial charge in [0.1, 0.15) is 12.1 Å². The van der Waals surface area contributed by atoms with E-state index in [9.17, 15) is 4.79 Å². The number of hydrogen-bond acceptors (Lipinski definition) is 4. The van der Waals surface area contributed by atoms with Crippen molar-refractivity contribution in [1.82, 2.24) is 9.55 Å². The number of ether oxygens (including phenoxy) is 1. The third-order valence-electron chi connectivity index (χ3n) is 2.35. The molecule has 1 aromatic carbocycles. The van der Waals surface area contributed by atoms with Gasteiger partial charge in [0.15, 0.2) is 5.69 Å². The molecule has 0 radical (unpaired) electrons. The van der Waals surface area contributed by atoms with Gasteiger partial charge in [0.25, 0.3) is 0 Å². The summed E-state index contributed by atoms with van der Waals surface area (Å²) in [6.45, 7) is 0. The average Bonchev–Trinajstić information content (AvgIpc) is 2.70. The van der Waals surface area contributed by atoms with Crippen LogP contribution < -0.4 is 5.73 Å². The summed E-state index contributed by atoms with van der Waals surface area (Å²) in [6, 6.07) is 4.93. The summed E-state index contributed by atoms with van der Waals surface area (Å²) in [7, 11) is 1.26. The normalized spacial score (nSPS) is 10.4. The maximum absolute atomic E-state index is 11.4. The minimum atomic E-state index is -0.601. The van der Waals surface area contributed by atoms with Crippen LogP contribution in [-0.2, 0) is 4.74 Å². The molecule has 5 nitrogen and oxygen atoms in total. The zero-order valence-corrected chi connectivity index (χ0v) is 10.9. The second-order valence-electron chi connectivity index (χ2n) is 3.44. The number of nitrogen functional groups attached to an aromatic ring is 1. The molecule has 2 N–H and O–H groups in total. The highest BCUT2D eigenvalue weighted by Gasteiger charge is 2.18. The van der Waals surface area contributed by atoms with E-state index in [1.807, 2.05) is 0 Å². The molecular formula is C11H9Cl2N3O2. The first-order valence-corrected chi connectivity index (χ1v) is 5.66. The molecule has 94 valence electrons.